The van der Waals surface area contributed by atoms with Gasteiger partial charge < -0.3 is 5.73 Å². The highest BCUT2D eigenvalue weighted by atomic mass is 32.1. The zero-order chi connectivity index (χ0) is 13.3. The molecule has 1 saturated carbocycles. The summed E-state index contributed by atoms with van der Waals surface area (Å²) in [6.07, 6.45) is 5.18. The summed E-state index contributed by atoms with van der Waals surface area (Å²) in [5.41, 5.74) is 7.64. The van der Waals surface area contributed by atoms with E-state index in [1.807, 2.05) is 0 Å². The van der Waals surface area contributed by atoms with Crippen LogP contribution in [0.5, 0.6) is 0 Å². The van der Waals surface area contributed by atoms with Gasteiger partial charge in [-0.1, -0.05) is 45.0 Å². The highest BCUT2D eigenvalue weighted by molar-refractivity contribution is 7.05. The molecular formula is C14H25N3S. The Hall–Kier alpha value is -0.480. The largest absolute Gasteiger partial charge is 0.323 e. The molecule has 0 aliphatic heterocycles. The summed E-state index contributed by atoms with van der Waals surface area (Å²) < 4.78 is 4.14. The first-order valence-electron chi connectivity index (χ1n) is 6.98. The van der Waals surface area contributed by atoms with Crippen LogP contribution >= 0.6 is 11.5 Å². The molecule has 0 radical (unpaired) electrons. The lowest BCUT2D eigenvalue weighted by Gasteiger charge is -2.31. The Balaban J connectivity index is 2.18. The van der Waals surface area contributed by atoms with Crippen LogP contribution in [0.15, 0.2) is 0 Å². The van der Waals surface area contributed by atoms with Gasteiger partial charge in [0.05, 0.1) is 10.6 Å². The van der Waals surface area contributed by atoms with Crippen LogP contribution in [0.4, 0.5) is 0 Å². The van der Waals surface area contributed by atoms with E-state index >= 15 is 0 Å². The maximum Gasteiger partial charge on any atom is 0.0857 e. The van der Waals surface area contributed by atoms with Crippen LogP contribution in [-0.4, -0.2) is 9.59 Å². The van der Waals surface area contributed by atoms with E-state index in [9.17, 15) is 0 Å². The highest BCUT2D eigenvalue weighted by Crippen LogP contribution is 2.39. The molecule has 0 amide bonds. The molecule has 1 aliphatic rings. The fraction of sp³-hybridized carbons (Fsp3) is 0.857. The minimum absolute atomic E-state index is 0.0419. The molecular weight excluding hydrogens is 242 g/mol. The van der Waals surface area contributed by atoms with Crippen molar-refractivity contribution in [2.75, 3.05) is 0 Å². The summed E-state index contributed by atoms with van der Waals surface area (Å²) in [6.45, 7) is 8.89. The summed E-state index contributed by atoms with van der Waals surface area (Å²) in [5.74, 6) is 1.42. The zero-order valence-corrected chi connectivity index (χ0v) is 12.8. The molecule has 0 bridgehead atoms. The van der Waals surface area contributed by atoms with Gasteiger partial charge in [-0.15, -0.1) is 5.10 Å². The van der Waals surface area contributed by atoms with Crippen molar-refractivity contribution in [3.8, 4) is 0 Å². The molecule has 0 spiro atoms. The third-order valence-electron chi connectivity index (χ3n) is 4.01. The van der Waals surface area contributed by atoms with Crippen LogP contribution in [-0.2, 0) is 5.41 Å². The summed E-state index contributed by atoms with van der Waals surface area (Å²) in [7, 11) is 0. The first-order valence-corrected chi connectivity index (χ1v) is 7.75. The molecule has 3 atom stereocenters. The van der Waals surface area contributed by atoms with Gasteiger partial charge in [0, 0.05) is 11.5 Å². The maximum atomic E-state index is 6.50. The number of hydrogen-bond donors (Lipinski definition) is 1. The molecule has 0 saturated heterocycles. The van der Waals surface area contributed by atoms with E-state index < -0.39 is 0 Å². The van der Waals surface area contributed by atoms with E-state index in [-0.39, 0.29) is 11.5 Å². The van der Waals surface area contributed by atoms with Gasteiger partial charge in [-0.3, -0.25) is 0 Å². The highest BCUT2D eigenvalue weighted by Gasteiger charge is 2.31. The topological polar surface area (TPSA) is 51.8 Å². The van der Waals surface area contributed by atoms with Crippen LogP contribution in [0.25, 0.3) is 0 Å². The molecule has 0 aromatic carbocycles. The van der Waals surface area contributed by atoms with E-state index in [0.29, 0.717) is 5.92 Å². The second kappa shape index (κ2) is 5.25. The fourth-order valence-electron chi connectivity index (χ4n) is 2.96. The normalized spacial score (nSPS) is 27.2. The Labute approximate surface area is 114 Å². The second-order valence-corrected chi connectivity index (χ2v) is 7.58. The number of hydrogen-bond acceptors (Lipinski definition) is 4. The van der Waals surface area contributed by atoms with Gasteiger partial charge in [0.2, 0.25) is 0 Å². The molecule has 1 heterocycles. The monoisotopic (exact) mass is 267 g/mol. The lowest BCUT2D eigenvalue weighted by atomic mass is 9.77. The molecule has 1 aromatic heterocycles. The summed E-state index contributed by atoms with van der Waals surface area (Å²) in [5, 5.41) is 4.31. The fourth-order valence-corrected chi connectivity index (χ4v) is 3.92. The van der Waals surface area contributed by atoms with E-state index in [0.717, 1.165) is 11.6 Å². The molecule has 1 aromatic rings. The van der Waals surface area contributed by atoms with Crippen LogP contribution in [0.3, 0.4) is 0 Å². The van der Waals surface area contributed by atoms with Gasteiger partial charge in [-0.2, -0.15) is 0 Å². The Bertz CT molecular complexity index is 394. The van der Waals surface area contributed by atoms with Crippen molar-refractivity contribution in [3.05, 3.63) is 10.6 Å². The molecule has 2 rings (SSSR count). The molecule has 4 heteroatoms. The summed E-state index contributed by atoms with van der Waals surface area (Å²) in [6, 6.07) is 0.127. The third kappa shape index (κ3) is 2.91. The summed E-state index contributed by atoms with van der Waals surface area (Å²) >= 11 is 1.49. The van der Waals surface area contributed by atoms with Crippen LogP contribution < -0.4 is 5.73 Å². The summed E-state index contributed by atoms with van der Waals surface area (Å²) in [4.78, 5) is 1.21. The molecule has 1 aliphatic carbocycles. The average molecular weight is 267 g/mol. The van der Waals surface area contributed by atoms with E-state index in [1.54, 1.807) is 0 Å². The number of aromatic nitrogens is 2. The second-order valence-electron chi connectivity index (χ2n) is 6.79. The Morgan fingerprint density at radius 2 is 2.06 bits per heavy atom. The lowest BCUT2D eigenvalue weighted by Crippen LogP contribution is -2.28. The van der Waals surface area contributed by atoms with Gasteiger partial charge in [-0.05, 0) is 36.2 Å². The van der Waals surface area contributed by atoms with Gasteiger partial charge in [0.25, 0.3) is 0 Å². The van der Waals surface area contributed by atoms with E-state index in [1.165, 1.54) is 42.1 Å². The molecule has 18 heavy (non-hydrogen) atoms. The van der Waals surface area contributed by atoms with Crippen molar-refractivity contribution in [2.24, 2.45) is 17.6 Å². The van der Waals surface area contributed by atoms with Crippen LogP contribution in [0.2, 0.25) is 0 Å². The zero-order valence-electron chi connectivity index (χ0n) is 11.9. The van der Waals surface area contributed by atoms with Crippen molar-refractivity contribution in [3.63, 3.8) is 0 Å². The van der Waals surface area contributed by atoms with Gasteiger partial charge >= 0.3 is 0 Å². The average Bonchev–Trinajstić information content (AvgIpc) is 2.76. The number of nitrogens with zero attached hydrogens (tertiary/aromatic N) is 2. The van der Waals surface area contributed by atoms with E-state index in [4.69, 9.17) is 5.73 Å². The molecule has 1 fully saturated rings. The van der Waals surface area contributed by atoms with Gasteiger partial charge in [-0.25, -0.2) is 0 Å². The first-order chi connectivity index (χ1) is 8.39. The number of nitrogens with two attached hydrogens (primary N) is 1. The molecule has 2 N–H and O–H groups in total. The van der Waals surface area contributed by atoms with Crippen molar-refractivity contribution in [2.45, 2.75) is 64.8 Å². The Morgan fingerprint density at radius 3 is 2.67 bits per heavy atom. The van der Waals surface area contributed by atoms with Crippen LogP contribution in [0.1, 0.15) is 70.0 Å². The minimum atomic E-state index is 0.0419. The van der Waals surface area contributed by atoms with Crippen molar-refractivity contribution in [1.82, 2.24) is 9.59 Å². The standard InChI is InChI=1S/C14H25N3S/c1-9-6-5-7-10(8-9)11(15)12-13(14(2,3)4)16-17-18-12/h9-11H,5-8,15H2,1-4H3. The van der Waals surface area contributed by atoms with Crippen molar-refractivity contribution in [1.29, 1.82) is 0 Å². The van der Waals surface area contributed by atoms with Crippen molar-refractivity contribution < 1.29 is 0 Å². The smallest absolute Gasteiger partial charge is 0.0857 e. The number of rotatable bonds is 2. The SMILES string of the molecule is CC1CCCC(C(N)c2snnc2C(C)(C)C)C1. The molecule has 102 valence electrons. The Morgan fingerprint density at radius 1 is 1.33 bits per heavy atom. The first kappa shape index (κ1) is 13.9. The maximum absolute atomic E-state index is 6.50. The predicted octanol–water partition coefficient (Wildman–Crippen LogP) is 3.66. The van der Waals surface area contributed by atoms with Gasteiger partial charge in [0.15, 0.2) is 0 Å². The molecule has 3 unspecified atom stereocenters. The minimum Gasteiger partial charge on any atom is -0.323 e. The molecule has 3 nitrogen and oxygen atoms in total. The van der Waals surface area contributed by atoms with Crippen molar-refractivity contribution >= 4 is 11.5 Å². The third-order valence-corrected chi connectivity index (χ3v) is 4.84. The Kier molecular flexibility index (Phi) is 4.07. The van der Waals surface area contributed by atoms with Crippen LogP contribution in [0, 0.1) is 11.8 Å². The van der Waals surface area contributed by atoms with Gasteiger partial charge in [0.1, 0.15) is 0 Å². The quantitative estimate of drug-likeness (QED) is 0.889. The lowest BCUT2D eigenvalue weighted by molar-refractivity contribution is 0.248. The predicted molar refractivity (Wildman–Crippen MR) is 76.7 cm³/mol. The van der Waals surface area contributed by atoms with E-state index in [2.05, 4.69) is 37.3 Å².